The van der Waals surface area contributed by atoms with E-state index in [1.807, 2.05) is 6.07 Å². The van der Waals surface area contributed by atoms with Crippen LogP contribution in [0.15, 0.2) is 46.3 Å². The van der Waals surface area contributed by atoms with Crippen molar-refractivity contribution < 1.29 is 17.9 Å². The van der Waals surface area contributed by atoms with Crippen LogP contribution in [0.5, 0.6) is 5.75 Å². The average Bonchev–Trinajstić information content (AvgIpc) is 3.14. The monoisotopic (exact) mass is 416 g/mol. The molecule has 0 amide bonds. The van der Waals surface area contributed by atoms with E-state index in [2.05, 4.69) is 4.98 Å². The van der Waals surface area contributed by atoms with Crippen LogP contribution in [0, 0.1) is 5.92 Å². The number of fused-ring (bicyclic) bond motifs is 1. The lowest BCUT2D eigenvalue weighted by Crippen LogP contribution is -2.21. The van der Waals surface area contributed by atoms with Gasteiger partial charge in [0.15, 0.2) is 9.84 Å². The van der Waals surface area contributed by atoms with Crippen LogP contribution in [0.1, 0.15) is 12.8 Å². The summed E-state index contributed by atoms with van der Waals surface area (Å²) in [5.74, 6) is 1.01. The predicted molar refractivity (Wildman–Crippen MR) is 111 cm³/mol. The van der Waals surface area contributed by atoms with Gasteiger partial charge in [0.05, 0.1) is 11.5 Å². The van der Waals surface area contributed by atoms with Gasteiger partial charge in [0, 0.05) is 55.4 Å². The van der Waals surface area contributed by atoms with E-state index in [1.54, 1.807) is 37.6 Å². The van der Waals surface area contributed by atoms with E-state index in [0.29, 0.717) is 29.4 Å². The van der Waals surface area contributed by atoms with Crippen molar-refractivity contribution in [3.05, 3.63) is 47.0 Å². The predicted octanol–water partition coefficient (Wildman–Crippen LogP) is 2.74. The molecule has 29 heavy (non-hydrogen) atoms. The van der Waals surface area contributed by atoms with E-state index in [-0.39, 0.29) is 10.5 Å². The molecule has 1 aromatic carbocycles. The first-order valence-corrected chi connectivity index (χ1v) is 11.5. The summed E-state index contributed by atoms with van der Waals surface area (Å²) in [5, 5.41) is 0.731. The Hall–Kier alpha value is -2.58. The van der Waals surface area contributed by atoms with Crippen LogP contribution in [-0.4, -0.2) is 44.0 Å². The summed E-state index contributed by atoms with van der Waals surface area (Å²) in [5.41, 5.74) is 1.73. The average molecular weight is 416 g/mol. The van der Waals surface area contributed by atoms with Crippen LogP contribution in [0.3, 0.4) is 0 Å². The van der Waals surface area contributed by atoms with Crippen molar-refractivity contribution in [3.63, 3.8) is 0 Å². The van der Waals surface area contributed by atoms with Gasteiger partial charge in [0.2, 0.25) is 0 Å². The van der Waals surface area contributed by atoms with Crippen molar-refractivity contribution in [1.29, 1.82) is 0 Å². The Bertz CT molecular complexity index is 1200. The van der Waals surface area contributed by atoms with Gasteiger partial charge in [0.25, 0.3) is 5.56 Å². The second-order valence-electron chi connectivity index (χ2n) is 7.52. The maximum absolute atomic E-state index is 12.4. The van der Waals surface area contributed by atoms with Crippen LogP contribution >= 0.6 is 0 Å². The summed E-state index contributed by atoms with van der Waals surface area (Å²) in [6, 6.07) is 6.73. The molecule has 3 heterocycles. The molecule has 1 aliphatic heterocycles. The van der Waals surface area contributed by atoms with Crippen molar-refractivity contribution in [1.82, 2.24) is 9.55 Å². The quantitative estimate of drug-likeness (QED) is 0.691. The van der Waals surface area contributed by atoms with E-state index in [1.165, 1.54) is 10.8 Å². The van der Waals surface area contributed by atoms with E-state index >= 15 is 0 Å². The number of hydrogen-bond acceptors (Lipinski definition) is 5. The number of aryl methyl sites for hydroxylation is 1. The Morgan fingerprint density at radius 3 is 2.69 bits per heavy atom. The second kappa shape index (κ2) is 7.68. The first kappa shape index (κ1) is 19.7. The Morgan fingerprint density at radius 2 is 1.97 bits per heavy atom. The molecule has 0 radical (unpaired) electrons. The lowest BCUT2D eigenvalue weighted by Gasteiger charge is -2.23. The Balaban J connectivity index is 1.79. The molecule has 2 aromatic heterocycles. The highest BCUT2D eigenvalue weighted by Gasteiger charge is 2.19. The minimum absolute atomic E-state index is 0.141. The van der Waals surface area contributed by atoms with Gasteiger partial charge in [-0.05, 0) is 43.0 Å². The van der Waals surface area contributed by atoms with Gasteiger partial charge in [-0.1, -0.05) is 0 Å². The molecule has 1 fully saturated rings. The molecule has 154 valence electrons. The standard InChI is InChI=1S/C21H24N2O5S/c1-23-8-5-16-18(12-22-20(16)21(23)24)17-11-15(29(2,25)26)3-4-19(17)28-13-14-6-9-27-10-7-14/h3-5,8,11-12,14,22H,6-7,9-10,13H2,1-2H3. The van der Waals surface area contributed by atoms with E-state index in [9.17, 15) is 13.2 Å². The maximum atomic E-state index is 12.4. The summed E-state index contributed by atoms with van der Waals surface area (Å²) in [4.78, 5) is 15.7. The molecule has 0 spiro atoms. The van der Waals surface area contributed by atoms with Gasteiger partial charge >= 0.3 is 0 Å². The number of benzene rings is 1. The fraction of sp³-hybridized carbons (Fsp3) is 0.381. The topological polar surface area (TPSA) is 90.4 Å². The highest BCUT2D eigenvalue weighted by molar-refractivity contribution is 7.90. The van der Waals surface area contributed by atoms with E-state index in [4.69, 9.17) is 9.47 Å². The zero-order chi connectivity index (χ0) is 20.6. The molecule has 1 saturated heterocycles. The lowest BCUT2D eigenvalue weighted by molar-refractivity contribution is 0.0498. The van der Waals surface area contributed by atoms with E-state index in [0.717, 1.165) is 37.0 Å². The summed E-state index contributed by atoms with van der Waals surface area (Å²) >= 11 is 0. The number of ether oxygens (including phenoxy) is 2. The number of pyridine rings is 1. The number of H-pyrrole nitrogens is 1. The van der Waals surface area contributed by atoms with E-state index < -0.39 is 9.84 Å². The van der Waals surface area contributed by atoms with Crippen molar-refractivity contribution in [3.8, 4) is 16.9 Å². The molecular weight excluding hydrogens is 392 g/mol. The molecule has 3 aromatic rings. The maximum Gasteiger partial charge on any atom is 0.274 e. The number of nitrogens with zero attached hydrogens (tertiary/aromatic N) is 1. The second-order valence-corrected chi connectivity index (χ2v) is 9.54. The Labute approximate surface area is 169 Å². The fourth-order valence-corrected chi connectivity index (χ4v) is 4.28. The third kappa shape index (κ3) is 3.95. The number of rotatable bonds is 5. The van der Waals surface area contributed by atoms with Gasteiger partial charge in [-0.15, -0.1) is 0 Å². The molecule has 1 aliphatic rings. The van der Waals surface area contributed by atoms with Crippen molar-refractivity contribution in [2.75, 3.05) is 26.1 Å². The lowest BCUT2D eigenvalue weighted by atomic mass is 10.0. The third-order valence-corrected chi connectivity index (χ3v) is 6.51. The minimum atomic E-state index is -3.38. The van der Waals surface area contributed by atoms with Crippen LogP contribution in [-0.2, 0) is 21.6 Å². The molecule has 0 unspecified atom stereocenters. The van der Waals surface area contributed by atoms with Crippen LogP contribution in [0.4, 0.5) is 0 Å². The first-order valence-electron chi connectivity index (χ1n) is 9.56. The third-order valence-electron chi connectivity index (χ3n) is 5.40. The molecule has 0 aliphatic carbocycles. The SMILES string of the molecule is Cn1ccc2c(-c3cc(S(C)(=O)=O)ccc3OCC3CCOCC3)c[nH]c2c1=O. The number of aromatic amines is 1. The van der Waals surface area contributed by atoms with Crippen molar-refractivity contribution in [2.24, 2.45) is 13.0 Å². The minimum Gasteiger partial charge on any atom is -0.493 e. The number of aromatic nitrogens is 2. The van der Waals surface area contributed by atoms with Crippen molar-refractivity contribution >= 4 is 20.7 Å². The molecule has 8 heteroatoms. The van der Waals surface area contributed by atoms with Crippen LogP contribution in [0.2, 0.25) is 0 Å². The van der Waals surface area contributed by atoms with Crippen LogP contribution < -0.4 is 10.3 Å². The number of nitrogens with one attached hydrogen (secondary N) is 1. The highest BCUT2D eigenvalue weighted by Crippen LogP contribution is 2.36. The van der Waals surface area contributed by atoms with Gasteiger partial charge in [0.1, 0.15) is 11.3 Å². The fourth-order valence-electron chi connectivity index (χ4n) is 3.63. The Morgan fingerprint density at radius 1 is 1.21 bits per heavy atom. The molecule has 7 nitrogen and oxygen atoms in total. The molecule has 0 atom stereocenters. The number of sulfone groups is 1. The smallest absolute Gasteiger partial charge is 0.274 e. The molecule has 0 bridgehead atoms. The highest BCUT2D eigenvalue weighted by atomic mass is 32.2. The summed E-state index contributed by atoms with van der Waals surface area (Å²) < 4.78 is 37.3. The van der Waals surface area contributed by atoms with Crippen molar-refractivity contribution in [2.45, 2.75) is 17.7 Å². The normalized spacial score (nSPS) is 15.7. The summed E-state index contributed by atoms with van der Waals surface area (Å²) in [6.07, 6.45) is 6.50. The van der Waals surface area contributed by atoms with Gasteiger partial charge in [-0.25, -0.2) is 8.42 Å². The van der Waals surface area contributed by atoms with Gasteiger partial charge in [-0.2, -0.15) is 0 Å². The molecular formula is C21H24N2O5S. The molecule has 0 saturated carbocycles. The molecule has 1 N–H and O–H groups in total. The van der Waals surface area contributed by atoms with Gasteiger partial charge in [-0.3, -0.25) is 4.79 Å². The first-order chi connectivity index (χ1) is 13.8. The van der Waals surface area contributed by atoms with Gasteiger partial charge < -0.3 is 19.0 Å². The zero-order valence-electron chi connectivity index (χ0n) is 16.5. The zero-order valence-corrected chi connectivity index (χ0v) is 17.3. The summed E-state index contributed by atoms with van der Waals surface area (Å²) in [6.45, 7) is 2.01. The summed E-state index contributed by atoms with van der Waals surface area (Å²) in [7, 11) is -1.70. The Kier molecular flexibility index (Phi) is 5.23. The molecule has 4 rings (SSSR count). The van der Waals surface area contributed by atoms with Crippen LogP contribution in [0.25, 0.3) is 22.0 Å². The number of hydrogen-bond donors (Lipinski definition) is 1. The largest absolute Gasteiger partial charge is 0.493 e.